The van der Waals surface area contributed by atoms with Gasteiger partial charge < -0.3 is 25.0 Å². The van der Waals surface area contributed by atoms with Crippen LogP contribution in [-0.4, -0.2) is 47.6 Å². The standard InChI is InChI=1S/C23H25N3O5S/c1-12(27)24-13-6-8-14(9-7-13)25-20(28)19-23(2,3)32-22-15-10-11-16(30-4)18(31-5)17(15)21(29)26(19)22/h6-11,19,22H,1-5H3,(H,24,27)(H,25,28)/t19-,22+/m0/s1. The molecular formula is C23H25N3O5S. The average molecular weight is 456 g/mol. The number of ether oxygens (including phenoxy) is 2. The molecule has 3 amide bonds. The van der Waals surface area contributed by atoms with Crippen LogP contribution in [0.1, 0.15) is 42.1 Å². The molecule has 2 aromatic carbocycles. The lowest BCUT2D eigenvalue weighted by molar-refractivity contribution is -0.121. The summed E-state index contributed by atoms with van der Waals surface area (Å²) >= 11 is 1.57. The highest BCUT2D eigenvalue weighted by Crippen LogP contribution is 2.58. The molecule has 4 rings (SSSR count). The molecule has 2 atom stereocenters. The van der Waals surface area contributed by atoms with Crippen molar-refractivity contribution in [3.8, 4) is 11.5 Å². The van der Waals surface area contributed by atoms with Gasteiger partial charge in [-0.2, -0.15) is 0 Å². The highest BCUT2D eigenvalue weighted by molar-refractivity contribution is 8.01. The predicted octanol–water partition coefficient (Wildman–Crippen LogP) is 3.65. The molecule has 1 fully saturated rings. The summed E-state index contributed by atoms with van der Waals surface area (Å²) in [5.41, 5.74) is 2.48. The molecule has 0 unspecified atom stereocenters. The van der Waals surface area contributed by atoms with Gasteiger partial charge in [-0.15, -0.1) is 11.8 Å². The van der Waals surface area contributed by atoms with E-state index < -0.39 is 10.8 Å². The van der Waals surface area contributed by atoms with Gasteiger partial charge in [0.15, 0.2) is 11.5 Å². The number of thioether (sulfide) groups is 1. The van der Waals surface area contributed by atoms with Gasteiger partial charge in [-0.3, -0.25) is 14.4 Å². The SMILES string of the molecule is COc1ccc2c(c1OC)C(=O)N1[C@@H]2SC(C)(C)[C@@H]1C(=O)Nc1ccc(NC(C)=O)cc1. The lowest BCUT2D eigenvalue weighted by Crippen LogP contribution is -2.50. The average Bonchev–Trinajstić information content (AvgIpc) is 3.17. The van der Waals surface area contributed by atoms with E-state index in [2.05, 4.69) is 10.6 Å². The first kappa shape index (κ1) is 22.0. The van der Waals surface area contributed by atoms with Crippen LogP contribution in [0.4, 0.5) is 11.4 Å². The zero-order valence-corrected chi connectivity index (χ0v) is 19.3. The van der Waals surface area contributed by atoms with E-state index in [1.807, 2.05) is 19.9 Å². The minimum absolute atomic E-state index is 0.170. The van der Waals surface area contributed by atoms with Crippen LogP contribution in [-0.2, 0) is 9.59 Å². The normalized spacial score (nSPS) is 20.4. The molecule has 1 saturated heterocycles. The minimum atomic E-state index is -0.692. The van der Waals surface area contributed by atoms with Crippen molar-refractivity contribution in [3.63, 3.8) is 0 Å². The van der Waals surface area contributed by atoms with Crippen LogP contribution in [0, 0.1) is 0 Å². The Kier molecular flexibility index (Phi) is 5.54. The van der Waals surface area contributed by atoms with Gasteiger partial charge in [0, 0.05) is 28.6 Å². The second-order valence-electron chi connectivity index (χ2n) is 8.20. The number of fused-ring (bicyclic) bond motifs is 3. The monoisotopic (exact) mass is 455 g/mol. The fraction of sp³-hybridized carbons (Fsp3) is 0.348. The number of rotatable bonds is 5. The molecule has 0 aliphatic carbocycles. The Hall–Kier alpha value is -3.20. The van der Waals surface area contributed by atoms with E-state index in [0.717, 1.165) is 5.56 Å². The van der Waals surface area contributed by atoms with E-state index in [-0.39, 0.29) is 23.1 Å². The summed E-state index contributed by atoms with van der Waals surface area (Å²) in [6.45, 7) is 5.36. The third-order valence-electron chi connectivity index (χ3n) is 5.62. The molecule has 0 saturated carbocycles. The fourth-order valence-electron chi connectivity index (χ4n) is 4.31. The maximum atomic E-state index is 13.5. The Morgan fingerprint density at radius 3 is 2.19 bits per heavy atom. The Balaban J connectivity index is 1.63. The molecule has 0 aromatic heterocycles. The lowest BCUT2D eigenvalue weighted by atomic mass is 10.0. The third-order valence-corrected chi connectivity index (χ3v) is 7.15. The Morgan fingerprint density at radius 1 is 1.00 bits per heavy atom. The van der Waals surface area contributed by atoms with E-state index >= 15 is 0 Å². The van der Waals surface area contributed by atoms with E-state index in [4.69, 9.17) is 9.47 Å². The number of hydrogen-bond acceptors (Lipinski definition) is 6. The summed E-state index contributed by atoms with van der Waals surface area (Å²) in [4.78, 5) is 39.7. The number of nitrogens with one attached hydrogen (secondary N) is 2. The first-order valence-corrected chi connectivity index (χ1v) is 11.0. The first-order chi connectivity index (χ1) is 15.2. The topological polar surface area (TPSA) is 97.0 Å². The molecule has 0 spiro atoms. The zero-order chi connectivity index (χ0) is 23.2. The summed E-state index contributed by atoms with van der Waals surface area (Å²) in [7, 11) is 3.02. The Labute approximate surface area is 190 Å². The van der Waals surface area contributed by atoms with E-state index in [9.17, 15) is 14.4 Å². The number of amides is 3. The Bertz CT molecular complexity index is 1100. The quantitative estimate of drug-likeness (QED) is 0.714. The molecular weight excluding hydrogens is 430 g/mol. The van der Waals surface area contributed by atoms with Crippen molar-refractivity contribution in [2.24, 2.45) is 0 Å². The zero-order valence-electron chi connectivity index (χ0n) is 18.5. The first-order valence-electron chi connectivity index (χ1n) is 10.1. The summed E-state index contributed by atoms with van der Waals surface area (Å²) in [6.07, 6.45) is 0. The molecule has 168 valence electrons. The summed E-state index contributed by atoms with van der Waals surface area (Å²) in [5.74, 6) is 0.168. The molecule has 0 bridgehead atoms. The van der Waals surface area contributed by atoms with Gasteiger partial charge in [-0.1, -0.05) is 6.07 Å². The number of hydrogen-bond donors (Lipinski definition) is 2. The number of methoxy groups -OCH3 is 2. The van der Waals surface area contributed by atoms with Gasteiger partial charge in [0.05, 0.1) is 19.8 Å². The fourth-order valence-corrected chi connectivity index (χ4v) is 5.89. The van der Waals surface area contributed by atoms with Gasteiger partial charge in [0.2, 0.25) is 11.8 Å². The highest BCUT2D eigenvalue weighted by Gasteiger charge is 2.58. The summed E-state index contributed by atoms with van der Waals surface area (Å²) < 4.78 is 10.3. The molecule has 2 heterocycles. The maximum Gasteiger partial charge on any atom is 0.260 e. The molecule has 32 heavy (non-hydrogen) atoms. The summed E-state index contributed by atoms with van der Waals surface area (Å²) in [6, 6.07) is 9.80. The number of carbonyl (C=O) groups excluding carboxylic acids is 3. The van der Waals surface area contributed by atoms with Crippen LogP contribution < -0.4 is 20.1 Å². The van der Waals surface area contributed by atoms with Crippen LogP contribution in [0.3, 0.4) is 0 Å². The van der Waals surface area contributed by atoms with E-state index in [1.165, 1.54) is 21.1 Å². The van der Waals surface area contributed by atoms with Crippen LogP contribution in [0.25, 0.3) is 0 Å². The number of carbonyl (C=O) groups is 3. The van der Waals surface area contributed by atoms with Gasteiger partial charge in [0.25, 0.3) is 5.91 Å². The maximum absolute atomic E-state index is 13.5. The molecule has 0 radical (unpaired) electrons. The third kappa shape index (κ3) is 3.56. The van der Waals surface area contributed by atoms with Crippen LogP contribution in [0.2, 0.25) is 0 Å². The van der Waals surface area contributed by atoms with Gasteiger partial charge in [-0.25, -0.2) is 0 Å². The minimum Gasteiger partial charge on any atom is -0.493 e. The van der Waals surface area contributed by atoms with Crippen molar-refractivity contribution in [2.45, 2.75) is 36.9 Å². The Morgan fingerprint density at radius 2 is 1.62 bits per heavy atom. The van der Waals surface area contributed by atoms with Crippen LogP contribution >= 0.6 is 11.8 Å². The molecule has 2 N–H and O–H groups in total. The van der Waals surface area contributed by atoms with Gasteiger partial charge in [-0.05, 0) is 44.2 Å². The molecule has 8 nitrogen and oxygen atoms in total. The summed E-state index contributed by atoms with van der Waals surface area (Å²) in [5, 5.41) is 5.32. The van der Waals surface area contributed by atoms with Crippen molar-refractivity contribution < 1.29 is 23.9 Å². The lowest BCUT2D eigenvalue weighted by Gasteiger charge is -2.29. The van der Waals surface area contributed by atoms with Crippen LogP contribution in [0.5, 0.6) is 11.5 Å². The number of nitrogens with zero attached hydrogens (tertiary/aromatic N) is 1. The highest BCUT2D eigenvalue weighted by atomic mass is 32.2. The molecule has 2 aromatic rings. The largest absolute Gasteiger partial charge is 0.493 e. The number of anilines is 2. The molecule has 9 heteroatoms. The molecule has 2 aliphatic heterocycles. The number of benzene rings is 2. The van der Waals surface area contributed by atoms with Gasteiger partial charge >= 0.3 is 0 Å². The second-order valence-corrected chi connectivity index (χ2v) is 9.94. The second kappa shape index (κ2) is 8.05. The van der Waals surface area contributed by atoms with Gasteiger partial charge in [0.1, 0.15) is 11.4 Å². The van der Waals surface area contributed by atoms with E-state index in [1.54, 1.807) is 47.0 Å². The van der Waals surface area contributed by atoms with E-state index in [0.29, 0.717) is 28.4 Å². The smallest absolute Gasteiger partial charge is 0.260 e. The van der Waals surface area contributed by atoms with Crippen molar-refractivity contribution in [2.75, 3.05) is 24.9 Å². The predicted molar refractivity (Wildman–Crippen MR) is 123 cm³/mol. The van der Waals surface area contributed by atoms with Crippen LogP contribution in [0.15, 0.2) is 36.4 Å². The molecule has 2 aliphatic rings. The van der Waals surface area contributed by atoms with Crippen molar-refractivity contribution in [3.05, 3.63) is 47.5 Å². The van der Waals surface area contributed by atoms with Crippen molar-refractivity contribution in [1.82, 2.24) is 4.90 Å². The van der Waals surface area contributed by atoms with Crippen molar-refractivity contribution in [1.29, 1.82) is 0 Å². The van der Waals surface area contributed by atoms with Crippen molar-refractivity contribution >= 4 is 40.9 Å².